The Kier molecular flexibility index (Phi) is 5.69. The largest absolute Gasteiger partial charge is 0.508 e. The number of carbonyl (C=O) groups excluding carboxylic acids is 2. The van der Waals surface area contributed by atoms with Gasteiger partial charge in [-0.1, -0.05) is 28.1 Å². The molecule has 0 spiro atoms. The number of aromatic hydroxyl groups is 3. The minimum atomic E-state index is -1.07. The molecule has 128 valence electrons. The topological polar surface area (TPSA) is 121 Å². The van der Waals surface area contributed by atoms with E-state index in [2.05, 4.69) is 26.1 Å². The van der Waals surface area contributed by atoms with Crippen LogP contribution in [-0.4, -0.2) is 43.3 Å². The molecule has 0 bridgehead atoms. The van der Waals surface area contributed by atoms with E-state index in [0.717, 1.165) is 4.68 Å². The zero-order valence-corrected chi connectivity index (χ0v) is 13.9. The highest BCUT2D eigenvalue weighted by atomic mass is 79.9. The third-order valence-corrected chi connectivity index (χ3v) is 3.57. The molecule has 24 heavy (non-hydrogen) atoms. The molecule has 0 amide bonds. The predicted molar refractivity (Wildman–Crippen MR) is 87.6 cm³/mol. The molecule has 4 N–H and O–H groups in total. The van der Waals surface area contributed by atoms with Crippen molar-refractivity contribution in [3.8, 4) is 17.5 Å². The Morgan fingerprint density at radius 2 is 1.67 bits per heavy atom. The molecule has 2 rings (SSSR count). The van der Waals surface area contributed by atoms with Crippen LogP contribution in [0.25, 0.3) is 0 Å². The third-order valence-electron chi connectivity index (χ3n) is 3.11. The van der Waals surface area contributed by atoms with Crippen LogP contribution in [0.2, 0.25) is 0 Å². The van der Waals surface area contributed by atoms with Crippen molar-refractivity contribution in [2.24, 2.45) is 0 Å². The standard InChI is InChI=1S/C15H15BrN2O6/c16-8-14(22)24-15(23)11(7-9-1-3-10(19)4-2-9)17-18-12(20)5-6-13(18)21/h1-6,11,17,19-21H,7-8H2/t11-/m0/s1. The van der Waals surface area contributed by atoms with E-state index in [4.69, 9.17) is 0 Å². The number of nitrogens with zero attached hydrogens (tertiary/aromatic N) is 1. The molecule has 1 aromatic heterocycles. The minimum Gasteiger partial charge on any atom is -0.508 e. The monoisotopic (exact) mass is 398 g/mol. The van der Waals surface area contributed by atoms with Gasteiger partial charge < -0.3 is 25.5 Å². The molecule has 8 nitrogen and oxygen atoms in total. The molecular formula is C15H15BrN2O6. The van der Waals surface area contributed by atoms with Gasteiger partial charge in [-0.25, -0.2) is 4.79 Å². The fourth-order valence-corrected chi connectivity index (χ4v) is 2.08. The van der Waals surface area contributed by atoms with Gasteiger partial charge in [0.15, 0.2) is 0 Å². The number of hydrogen-bond donors (Lipinski definition) is 4. The van der Waals surface area contributed by atoms with Gasteiger partial charge in [0, 0.05) is 18.6 Å². The van der Waals surface area contributed by atoms with Crippen LogP contribution < -0.4 is 5.43 Å². The highest BCUT2D eigenvalue weighted by molar-refractivity contribution is 9.09. The second-order valence-corrected chi connectivity index (χ2v) is 5.42. The lowest BCUT2D eigenvalue weighted by Gasteiger charge is -2.19. The highest BCUT2D eigenvalue weighted by Gasteiger charge is 2.25. The summed E-state index contributed by atoms with van der Waals surface area (Å²) >= 11 is 2.89. The quantitative estimate of drug-likeness (QED) is 0.328. The number of carbonyl (C=O) groups is 2. The zero-order chi connectivity index (χ0) is 17.7. The average Bonchev–Trinajstić information content (AvgIpc) is 2.87. The first-order chi connectivity index (χ1) is 11.4. The van der Waals surface area contributed by atoms with Gasteiger partial charge >= 0.3 is 11.9 Å². The van der Waals surface area contributed by atoms with Gasteiger partial charge in [0.2, 0.25) is 11.8 Å². The zero-order valence-electron chi connectivity index (χ0n) is 12.3. The highest BCUT2D eigenvalue weighted by Crippen LogP contribution is 2.20. The van der Waals surface area contributed by atoms with Gasteiger partial charge in [-0.15, -0.1) is 0 Å². The van der Waals surface area contributed by atoms with Crippen LogP contribution in [0.1, 0.15) is 5.56 Å². The van der Waals surface area contributed by atoms with E-state index in [-0.39, 0.29) is 29.3 Å². The van der Waals surface area contributed by atoms with E-state index < -0.39 is 18.0 Å². The van der Waals surface area contributed by atoms with Crippen LogP contribution >= 0.6 is 15.9 Å². The van der Waals surface area contributed by atoms with Gasteiger partial charge in [0.05, 0.1) is 0 Å². The summed E-state index contributed by atoms with van der Waals surface area (Å²) in [5.41, 5.74) is 3.27. The normalized spacial score (nSPS) is 11.7. The average molecular weight is 399 g/mol. The molecule has 0 aliphatic rings. The first kappa shape index (κ1) is 17.7. The smallest absolute Gasteiger partial charge is 0.338 e. The van der Waals surface area contributed by atoms with E-state index >= 15 is 0 Å². The molecule has 0 unspecified atom stereocenters. The van der Waals surface area contributed by atoms with Gasteiger partial charge in [-0.3, -0.25) is 4.79 Å². The summed E-state index contributed by atoms with van der Waals surface area (Å²) < 4.78 is 5.57. The van der Waals surface area contributed by atoms with E-state index in [1.165, 1.54) is 24.3 Å². The Labute approximate surface area is 145 Å². The fourth-order valence-electron chi connectivity index (χ4n) is 1.96. The van der Waals surface area contributed by atoms with Gasteiger partial charge in [-0.05, 0) is 17.7 Å². The lowest BCUT2D eigenvalue weighted by Crippen LogP contribution is -2.39. The summed E-state index contributed by atoms with van der Waals surface area (Å²) in [6, 6.07) is 7.49. The Morgan fingerprint density at radius 1 is 1.08 bits per heavy atom. The van der Waals surface area contributed by atoms with Crippen molar-refractivity contribution in [3.05, 3.63) is 42.0 Å². The van der Waals surface area contributed by atoms with Crippen LogP contribution in [0.5, 0.6) is 17.5 Å². The maximum Gasteiger partial charge on any atom is 0.338 e. The lowest BCUT2D eigenvalue weighted by atomic mass is 10.1. The second-order valence-electron chi connectivity index (χ2n) is 4.86. The number of nitrogens with one attached hydrogen (secondary N) is 1. The summed E-state index contributed by atoms with van der Waals surface area (Å²) in [6.45, 7) is 0. The summed E-state index contributed by atoms with van der Waals surface area (Å²) in [4.78, 5) is 23.5. The number of rotatable bonds is 6. The van der Waals surface area contributed by atoms with Crippen LogP contribution in [0.15, 0.2) is 36.4 Å². The molecular weight excluding hydrogens is 384 g/mol. The number of phenols is 1. The van der Waals surface area contributed by atoms with Crippen molar-refractivity contribution in [2.45, 2.75) is 12.5 Å². The lowest BCUT2D eigenvalue weighted by molar-refractivity contribution is -0.158. The van der Waals surface area contributed by atoms with E-state index in [9.17, 15) is 24.9 Å². The van der Waals surface area contributed by atoms with Crippen LogP contribution in [0, 0.1) is 0 Å². The van der Waals surface area contributed by atoms with Gasteiger partial charge in [0.1, 0.15) is 17.1 Å². The van der Waals surface area contributed by atoms with Crippen LogP contribution in [0.4, 0.5) is 0 Å². The third kappa shape index (κ3) is 4.42. The Bertz CT molecular complexity index is 709. The molecule has 0 fully saturated rings. The molecule has 9 heteroatoms. The first-order valence-corrected chi connectivity index (χ1v) is 7.97. The number of phenolic OH excluding ortho intramolecular Hbond substituents is 1. The first-order valence-electron chi connectivity index (χ1n) is 6.85. The van der Waals surface area contributed by atoms with Gasteiger partial charge in [0.25, 0.3) is 0 Å². The number of alkyl halides is 1. The van der Waals surface area contributed by atoms with Crippen LogP contribution in [-0.2, 0) is 20.7 Å². The number of ether oxygens (including phenoxy) is 1. The Balaban J connectivity index is 2.21. The second kappa shape index (κ2) is 7.73. The van der Waals surface area contributed by atoms with Crippen molar-refractivity contribution in [3.63, 3.8) is 0 Å². The van der Waals surface area contributed by atoms with Crippen molar-refractivity contribution in [1.29, 1.82) is 0 Å². The molecule has 0 saturated carbocycles. The summed E-state index contributed by atoms with van der Waals surface area (Å²) in [7, 11) is 0. The van der Waals surface area contributed by atoms with E-state index in [0.29, 0.717) is 5.56 Å². The van der Waals surface area contributed by atoms with E-state index in [1.807, 2.05) is 0 Å². The SMILES string of the molecule is O=C(CBr)OC(=O)[C@H](Cc1ccc(O)cc1)Nn1c(O)ccc1O. The molecule has 1 heterocycles. The maximum absolute atomic E-state index is 12.2. The number of halogens is 1. The molecule has 0 aliphatic carbocycles. The molecule has 0 saturated heterocycles. The molecule has 1 atom stereocenters. The maximum atomic E-state index is 12.2. The number of esters is 2. The van der Waals surface area contributed by atoms with Crippen molar-refractivity contribution < 1.29 is 29.6 Å². The van der Waals surface area contributed by atoms with E-state index in [1.54, 1.807) is 12.1 Å². The predicted octanol–water partition coefficient (Wildman–Crippen LogP) is 1.22. The fraction of sp³-hybridized carbons (Fsp3) is 0.200. The van der Waals surface area contributed by atoms with Crippen molar-refractivity contribution in [2.75, 3.05) is 10.8 Å². The summed E-state index contributed by atoms with van der Waals surface area (Å²) in [5.74, 6) is -2.20. The van der Waals surface area contributed by atoms with Gasteiger partial charge in [-0.2, -0.15) is 4.68 Å². The van der Waals surface area contributed by atoms with Crippen molar-refractivity contribution >= 4 is 27.9 Å². The van der Waals surface area contributed by atoms with Crippen molar-refractivity contribution in [1.82, 2.24) is 4.68 Å². The van der Waals surface area contributed by atoms with Crippen LogP contribution in [0.3, 0.4) is 0 Å². The molecule has 0 aliphatic heterocycles. The Hall–Kier alpha value is -2.68. The number of benzene rings is 1. The molecule has 2 aromatic rings. The summed E-state index contributed by atoms with van der Waals surface area (Å²) in [6.07, 6.45) is 0.0890. The minimum absolute atomic E-state index is 0.0704. The number of hydrogen-bond acceptors (Lipinski definition) is 7. The summed E-state index contributed by atoms with van der Waals surface area (Å²) in [5, 5.41) is 28.5. The Morgan fingerprint density at radius 3 is 2.21 bits per heavy atom. The molecule has 1 aromatic carbocycles. The molecule has 0 radical (unpaired) electrons. The number of aromatic nitrogens is 1.